The van der Waals surface area contributed by atoms with Gasteiger partial charge >= 0.3 is 0 Å². The molecule has 0 saturated carbocycles. The molecule has 1 aromatic heterocycles. The molecule has 0 unspecified atom stereocenters. The van der Waals surface area contributed by atoms with E-state index in [4.69, 9.17) is 4.42 Å². The van der Waals surface area contributed by atoms with Gasteiger partial charge in [-0.3, -0.25) is 0 Å². The summed E-state index contributed by atoms with van der Waals surface area (Å²) in [5, 5.41) is 12.1. The van der Waals surface area contributed by atoms with E-state index >= 15 is 0 Å². The van der Waals surface area contributed by atoms with Crippen molar-refractivity contribution in [3.63, 3.8) is 0 Å². The van der Waals surface area contributed by atoms with Gasteiger partial charge in [-0.05, 0) is 126 Å². The van der Waals surface area contributed by atoms with Gasteiger partial charge in [-0.25, -0.2) is 0 Å². The van der Waals surface area contributed by atoms with Gasteiger partial charge in [0.15, 0.2) is 0 Å². The molecule has 2 heteroatoms. The molecule has 0 aliphatic heterocycles. The molecule has 0 fully saturated rings. The molecule has 0 bridgehead atoms. The molecule has 11 aromatic carbocycles. The number of fused-ring (bicyclic) bond motifs is 8. The average molecular weight is 764 g/mol. The summed E-state index contributed by atoms with van der Waals surface area (Å²) in [5.41, 5.74) is 12.0. The fourth-order valence-electron chi connectivity index (χ4n) is 9.34. The molecular weight excluding hydrogens is 727 g/mol. The Bertz CT molecular complexity index is 3610. The van der Waals surface area contributed by atoms with Gasteiger partial charge in [0, 0.05) is 27.7 Å². The number of hydrogen-bond acceptors (Lipinski definition) is 2. The Balaban J connectivity index is 1.05. The molecular formula is C58H37NO. The maximum atomic E-state index is 6.58. The zero-order chi connectivity index (χ0) is 39.6. The van der Waals surface area contributed by atoms with Crippen LogP contribution in [0.15, 0.2) is 229 Å². The van der Waals surface area contributed by atoms with Gasteiger partial charge in [-0.15, -0.1) is 0 Å². The topological polar surface area (TPSA) is 16.4 Å². The largest absolute Gasteiger partial charge is 0.456 e. The summed E-state index contributed by atoms with van der Waals surface area (Å²) >= 11 is 0. The number of nitrogens with zero attached hydrogens (tertiary/aromatic N) is 1. The summed E-state index contributed by atoms with van der Waals surface area (Å²) in [6.07, 6.45) is 0. The first kappa shape index (κ1) is 34.1. The highest BCUT2D eigenvalue weighted by molar-refractivity contribution is 6.17. The minimum Gasteiger partial charge on any atom is -0.456 e. The van der Waals surface area contributed by atoms with E-state index in [1.165, 1.54) is 59.8 Å². The summed E-state index contributed by atoms with van der Waals surface area (Å²) in [6.45, 7) is 0. The molecule has 0 amide bonds. The third-order valence-corrected chi connectivity index (χ3v) is 12.2. The van der Waals surface area contributed by atoms with Gasteiger partial charge in [0.1, 0.15) is 11.2 Å². The minimum absolute atomic E-state index is 0.879. The number of rotatable bonds is 6. The molecule has 0 saturated heterocycles. The fourth-order valence-corrected chi connectivity index (χ4v) is 9.34. The molecule has 12 aromatic rings. The van der Waals surface area contributed by atoms with Crippen LogP contribution in [0.3, 0.4) is 0 Å². The molecule has 0 aliphatic rings. The maximum absolute atomic E-state index is 6.58. The van der Waals surface area contributed by atoms with E-state index < -0.39 is 0 Å². The third kappa shape index (κ3) is 5.65. The Morgan fingerprint density at radius 3 is 1.77 bits per heavy atom. The van der Waals surface area contributed by atoms with E-state index in [0.717, 1.165) is 55.7 Å². The number of anilines is 3. The molecule has 2 nitrogen and oxygen atoms in total. The van der Waals surface area contributed by atoms with Crippen LogP contribution in [-0.4, -0.2) is 0 Å². The first-order valence-corrected chi connectivity index (χ1v) is 20.6. The quantitative estimate of drug-likeness (QED) is 0.157. The van der Waals surface area contributed by atoms with Gasteiger partial charge in [-0.1, -0.05) is 170 Å². The lowest BCUT2D eigenvalue weighted by molar-refractivity contribution is 0.669. The van der Waals surface area contributed by atoms with Gasteiger partial charge in [-0.2, -0.15) is 0 Å². The number of benzene rings is 11. The van der Waals surface area contributed by atoms with Crippen LogP contribution in [0.25, 0.3) is 98.4 Å². The van der Waals surface area contributed by atoms with Crippen LogP contribution in [0.1, 0.15) is 0 Å². The number of para-hydroxylation sites is 1. The van der Waals surface area contributed by atoms with E-state index in [0.29, 0.717) is 0 Å². The zero-order valence-electron chi connectivity index (χ0n) is 32.7. The SMILES string of the molecule is c1cc(-c2ccc3ccccc3c2)cc(N(c2ccc(-c3cccc4c3ccc3ccccc34)cc2)c2ccccc2-c2cccc3oc4cc5ccccc5cc4c23)c1. The normalized spacial score (nSPS) is 11.7. The van der Waals surface area contributed by atoms with Crippen LogP contribution < -0.4 is 4.90 Å². The minimum atomic E-state index is 0.879. The van der Waals surface area contributed by atoms with Crippen LogP contribution in [0.4, 0.5) is 17.1 Å². The van der Waals surface area contributed by atoms with Crippen molar-refractivity contribution in [1.82, 2.24) is 0 Å². The third-order valence-electron chi connectivity index (χ3n) is 12.2. The van der Waals surface area contributed by atoms with Gasteiger partial charge in [0.25, 0.3) is 0 Å². The highest BCUT2D eigenvalue weighted by Crippen LogP contribution is 2.46. The molecule has 0 spiro atoms. The Kier molecular flexibility index (Phi) is 7.89. The Morgan fingerprint density at radius 2 is 0.900 bits per heavy atom. The van der Waals surface area contributed by atoms with Gasteiger partial charge in [0.2, 0.25) is 0 Å². The smallest absolute Gasteiger partial charge is 0.136 e. The van der Waals surface area contributed by atoms with Crippen LogP contribution in [-0.2, 0) is 0 Å². The first-order valence-electron chi connectivity index (χ1n) is 20.6. The van der Waals surface area contributed by atoms with Crippen molar-refractivity contribution in [2.45, 2.75) is 0 Å². The fraction of sp³-hybridized carbons (Fsp3) is 0. The first-order chi connectivity index (χ1) is 29.7. The van der Waals surface area contributed by atoms with Crippen molar-refractivity contribution in [2.24, 2.45) is 0 Å². The summed E-state index contributed by atoms with van der Waals surface area (Å²) in [4.78, 5) is 2.41. The Hall–Kier alpha value is -7.94. The summed E-state index contributed by atoms with van der Waals surface area (Å²) in [7, 11) is 0. The zero-order valence-corrected chi connectivity index (χ0v) is 32.7. The lowest BCUT2D eigenvalue weighted by Gasteiger charge is -2.28. The van der Waals surface area contributed by atoms with Crippen molar-refractivity contribution >= 4 is 82.1 Å². The van der Waals surface area contributed by atoms with E-state index in [-0.39, 0.29) is 0 Å². The lowest BCUT2D eigenvalue weighted by atomic mass is 9.94. The highest BCUT2D eigenvalue weighted by atomic mass is 16.3. The van der Waals surface area contributed by atoms with Crippen LogP contribution in [0.2, 0.25) is 0 Å². The molecule has 0 N–H and O–H groups in total. The predicted octanol–water partition coefficient (Wildman–Crippen LogP) is 16.7. The van der Waals surface area contributed by atoms with E-state index in [9.17, 15) is 0 Å². The van der Waals surface area contributed by atoms with Gasteiger partial charge < -0.3 is 9.32 Å². The molecule has 0 radical (unpaired) electrons. The van der Waals surface area contributed by atoms with Crippen LogP contribution >= 0.6 is 0 Å². The molecule has 12 rings (SSSR count). The Morgan fingerprint density at radius 1 is 0.283 bits per heavy atom. The van der Waals surface area contributed by atoms with Crippen LogP contribution in [0.5, 0.6) is 0 Å². The second-order valence-corrected chi connectivity index (χ2v) is 15.7. The van der Waals surface area contributed by atoms with E-state index in [1.807, 2.05) is 0 Å². The van der Waals surface area contributed by atoms with Crippen molar-refractivity contribution < 1.29 is 4.42 Å². The van der Waals surface area contributed by atoms with Crippen molar-refractivity contribution in [3.05, 3.63) is 224 Å². The second-order valence-electron chi connectivity index (χ2n) is 15.7. The van der Waals surface area contributed by atoms with E-state index in [2.05, 4.69) is 229 Å². The number of hydrogen-bond donors (Lipinski definition) is 0. The monoisotopic (exact) mass is 763 g/mol. The molecule has 280 valence electrons. The highest BCUT2D eigenvalue weighted by Gasteiger charge is 2.21. The van der Waals surface area contributed by atoms with Crippen molar-refractivity contribution in [3.8, 4) is 33.4 Å². The number of furan rings is 1. The van der Waals surface area contributed by atoms with E-state index in [1.54, 1.807) is 0 Å². The molecule has 1 heterocycles. The maximum Gasteiger partial charge on any atom is 0.136 e. The average Bonchev–Trinajstić information content (AvgIpc) is 3.68. The lowest BCUT2D eigenvalue weighted by Crippen LogP contribution is -2.11. The van der Waals surface area contributed by atoms with Crippen molar-refractivity contribution in [2.75, 3.05) is 4.90 Å². The molecule has 0 atom stereocenters. The second kappa shape index (κ2) is 13.9. The van der Waals surface area contributed by atoms with Crippen LogP contribution in [0, 0.1) is 0 Å². The summed E-state index contributed by atoms with van der Waals surface area (Å²) in [6, 6.07) is 81.4. The molecule has 60 heavy (non-hydrogen) atoms. The predicted molar refractivity (Wildman–Crippen MR) is 255 cm³/mol. The Labute approximate surface area is 347 Å². The van der Waals surface area contributed by atoms with Gasteiger partial charge in [0.05, 0.1) is 5.69 Å². The standard InChI is InChI=1S/C58H37NO/c1-2-14-41-34-45(27-26-38(41)12-1)42-17-9-18-47(35-42)59(46-31-28-40(29-32-46)49-21-10-22-50-48-19-6-5-13-39(48)30-33-51(49)50)55-24-8-7-20-52(55)53-23-11-25-56-58(53)54-36-43-15-3-4-16-44(43)37-57(54)60-56/h1-37H. The summed E-state index contributed by atoms with van der Waals surface area (Å²) in [5.74, 6) is 0. The molecule has 0 aliphatic carbocycles. The summed E-state index contributed by atoms with van der Waals surface area (Å²) < 4.78 is 6.58. The van der Waals surface area contributed by atoms with Crippen molar-refractivity contribution in [1.29, 1.82) is 0 Å².